The highest BCUT2D eigenvalue weighted by atomic mass is 32.1. The Morgan fingerprint density at radius 2 is 1.90 bits per heavy atom. The van der Waals surface area contributed by atoms with Crippen molar-refractivity contribution < 1.29 is 9.59 Å². The first-order chi connectivity index (χ1) is 9.93. The molecule has 0 bridgehead atoms. The number of hydrogen-bond acceptors (Lipinski definition) is 4. The molecule has 5 nitrogen and oxygen atoms in total. The van der Waals surface area contributed by atoms with E-state index >= 15 is 0 Å². The van der Waals surface area contributed by atoms with Crippen LogP contribution >= 0.6 is 11.3 Å². The van der Waals surface area contributed by atoms with Gasteiger partial charge in [0.25, 0.3) is 0 Å². The molecule has 0 aliphatic carbocycles. The smallest absolute Gasteiger partial charge is 0.249 e. The minimum absolute atomic E-state index is 0.00616. The zero-order valence-corrected chi connectivity index (χ0v) is 13.9. The van der Waals surface area contributed by atoms with E-state index in [2.05, 4.69) is 10.3 Å². The Hall–Kier alpha value is -1.43. The second-order valence-corrected chi connectivity index (χ2v) is 6.67. The molecule has 1 aliphatic rings. The zero-order chi connectivity index (χ0) is 15.7. The van der Waals surface area contributed by atoms with Crippen molar-refractivity contribution in [3.63, 3.8) is 0 Å². The molecule has 1 fully saturated rings. The van der Waals surface area contributed by atoms with Gasteiger partial charge in [-0.2, -0.15) is 0 Å². The number of piperazine rings is 1. The van der Waals surface area contributed by atoms with E-state index in [4.69, 9.17) is 0 Å². The lowest BCUT2D eigenvalue weighted by molar-refractivity contribution is -0.164. The zero-order valence-electron chi connectivity index (χ0n) is 13.1. The van der Waals surface area contributed by atoms with E-state index < -0.39 is 11.1 Å². The molecule has 1 unspecified atom stereocenters. The summed E-state index contributed by atoms with van der Waals surface area (Å²) in [7, 11) is 0. The molecule has 1 atom stereocenters. The highest BCUT2D eigenvalue weighted by Crippen LogP contribution is 2.34. The maximum atomic E-state index is 13.0. The van der Waals surface area contributed by atoms with Crippen molar-refractivity contribution >= 4 is 23.2 Å². The largest absolute Gasteiger partial charge is 0.340 e. The predicted molar refractivity (Wildman–Crippen MR) is 82.8 cm³/mol. The van der Waals surface area contributed by atoms with Gasteiger partial charge in [-0.05, 0) is 26.2 Å². The number of carbonyl (C=O) groups is 2. The fourth-order valence-corrected chi connectivity index (χ4v) is 3.41. The van der Waals surface area contributed by atoms with Crippen molar-refractivity contribution in [2.24, 2.45) is 0 Å². The van der Waals surface area contributed by atoms with Crippen LogP contribution in [0.15, 0.2) is 11.6 Å². The Labute approximate surface area is 129 Å². The fourth-order valence-electron chi connectivity index (χ4n) is 2.80. The quantitative estimate of drug-likeness (QED) is 0.908. The first-order valence-corrected chi connectivity index (χ1v) is 8.34. The van der Waals surface area contributed by atoms with Crippen molar-refractivity contribution in [3.05, 3.63) is 16.6 Å². The van der Waals surface area contributed by atoms with Gasteiger partial charge in [-0.15, -0.1) is 11.3 Å². The number of aromatic nitrogens is 1. The Kier molecular flexibility index (Phi) is 4.37. The van der Waals surface area contributed by atoms with E-state index in [-0.39, 0.29) is 11.8 Å². The van der Waals surface area contributed by atoms with Crippen molar-refractivity contribution in [2.45, 2.75) is 64.6 Å². The summed E-state index contributed by atoms with van der Waals surface area (Å²) in [5.74, 6) is -0.0588. The van der Waals surface area contributed by atoms with Gasteiger partial charge in [0.2, 0.25) is 11.8 Å². The van der Waals surface area contributed by atoms with E-state index in [9.17, 15) is 9.59 Å². The third-order valence-electron chi connectivity index (χ3n) is 4.76. The molecule has 2 heterocycles. The van der Waals surface area contributed by atoms with Crippen molar-refractivity contribution in [2.75, 3.05) is 0 Å². The number of nitrogens with one attached hydrogen (secondary N) is 1. The van der Waals surface area contributed by atoms with Crippen molar-refractivity contribution in [1.29, 1.82) is 0 Å². The van der Waals surface area contributed by atoms with E-state index in [0.29, 0.717) is 25.8 Å². The average Bonchev–Trinajstić information content (AvgIpc) is 3.00. The average molecular weight is 309 g/mol. The molecule has 6 heteroatoms. The first kappa shape index (κ1) is 15.9. The second-order valence-electron chi connectivity index (χ2n) is 5.69. The topological polar surface area (TPSA) is 62.3 Å². The fraction of sp³-hybridized carbons (Fsp3) is 0.667. The van der Waals surface area contributed by atoms with Gasteiger partial charge in [0.05, 0.1) is 6.54 Å². The van der Waals surface area contributed by atoms with Crippen LogP contribution in [0.3, 0.4) is 0 Å². The molecule has 0 radical (unpaired) electrons. The molecule has 2 amide bonds. The van der Waals surface area contributed by atoms with Gasteiger partial charge in [-0.25, -0.2) is 4.98 Å². The van der Waals surface area contributed by atoms with Crippen LogP contribution in [0.2, 0.25) is 0 Å². The van der Waals surface area contributed by atoms with Crippen LogP contribution in [0, 0.1) is 0 Å². The van der Waals surface area contributed by atoms with Gasteiger partial charge < -0.3 is 10.2 Å². The van der Waals surface area contributed by atoms with Crippen LogP contribution in [-0.4, -0.2) is 32.8 Å². The normalized spacial score (nSPS) is 25.0. The summed E-state index contributed by atoms with van der Waals surface area (Å²) in [4.78, 5) is 31.7. The number of thiazole rings is 1. The molecule has 0 saturated carbocycles. The van der Waals surface area contributed by atoms with Crippen molar-refractivity contribution in [3.8, 4) is 0 Å². The van der Waals surface area contributed by atoms with Gasteiger partial charge in [0.1, 0.15) is 16.1 Å². The van der Waals surface area contributed by atoms with Crippen LogP contribution in [0.5, 0.6) is 0 Å². The molecule has 116 valence electrons. The lowest BCUT2D eigenvalue weighted by Crippen LogP contribution is -2.74. The summed E-state index contributed by atoms with van der Waals surface area (Å²) >= 11 is 1.51. The molecule has 21 heavy (non-hydrogen) atoms. The molecule has 0 spiro atoms. The summed E-state index contributed by atoms with van der Waals surface area (Å²) < 4.78 is 0. The number of nitrogens with zero attached hydrogens (tertiary/aromatic N) is 2. The maximum Gasteiger partial charge on any atom is 0.249 e. The second kappa shape index (κ2) is 5.75. The molecule has 1 aliphatic heterocycles. The number of hydrogen-bond donors (Lipinski definition) is 1. The standard InChI is InChI=1S/C15H23N3O2S/c1-5-14(4)12(19)17-15(6-2,7-3)13(20)18(14)10-11-16-8-9-21-11/h8-9H,5-7,10H2,1-4H3,(H,17,19). The minimum Gasteiger partial charge on any atom is -0.340 e. The molecular weight excluding hydrogens is 286 g/mol. The van der Waals surface area contributed by atoms with Crippen LogP contribution in [0.4, 0.5) is 0 Å². The molecule has 1 N–H and O–H groups in total. The summed E-state index contributed by atoms with van der Waals surface area (Å²) in [6.07, 6.45) is 3.51. The van der Waals surface area contributed by atoms with Gasteiger partial charge in [-0.1, -0.05) is 20.8 Å². The van der Waals surface area contributed by atoms with Crippen molar-refractivity contribution in [1.82, 2.24) is 15.2 Å². The van der Waals surface area contributed by atoms with Gasteiger partial charge in [0, 0.05) is 11.6 Å². The summed E-state index contributed by atoms with van der Waals surface area (Å²) in [6, 6.07) is 0. The monoisotopic (exact) mass is 309 g/mol. The molecule has 1 aromatic heterocycles. The SMILES string of the molecule is CCC1(CC)NC(=O)C(C)(CC)N(Cc2nccs2)C1=O. The Morgan fingerprint density at radius 1 is 1.24 bits per heavy atom. The molecule has 1 saturated heterocycles. The highest BCUT2D eigenvalue weighted by molar-refractivity contribution is 7.09. The Morgan fingerprint density at radius 3 is 2.38 bits per heavy atom. The molecule has 0 aromatic carbocycles. The molecule has 2 rings (SSSR count). The first-order valence-electron chi connectivity index (χ1n) is 7.46. The number of amides is 2. The van der Waals surface area contributed by atoms with E-state index in [1.807, 2.05) is 33.1 Å². The van der Waals surface area contributed by atoms with Gasteiger partial charge in [-0.3, -0.25) is 9.59 Å². The molecular formula is C15H23N3O2S. The van der Waals surface area contributed by atoms with Crippen LogP contribution < -0.4 is 5.32 Å². The van der Waals surface area contributed by atoms with Gasteiger partial charge in [0.15, 0.2) is 0 Å². The summed E-state index contributed by atoms with van der Waals surface area (Å²) in [6.45, 7) is 8.06. The van der Waals surface area contributed by atoms with Crippen LogP contribution in [0.1, 0.15) is 52.0 Å². The lowest BCUT2D eigenvalue weighted by atomic mass is 9.81. The van der Waals surface area contributed by atoms with E-state index in [0.717, 1.165) is 5.01 Å². The Bertz CT molecular complexity index is 525. The van der Waals surface area contributed by atoms with Gasteiger partial charge >= 0.3 is 0 Å². The maximum absolute atomic E-state index is 13.0. The van der Waals surface area contributed by atoms with E-state index in [1.165, 1.54) is 11.3 Å². The van der Waals surface area contributed by atoms with E-state index in [1.54, 1.807) is 11.1 Å². The third-order valence-corrected chi connectivity index (χ3v) is 5.53. The third kappa shape index (κ3) is 2.46. The highest BCUT2D eigenvalue weighted by Gasteiger charge is 2.54. The number of rotatable bonds is 5. The summed E-state index contributed by atoms with van der Waals surface area (Å²) in [5.41, 5.74) is -1.58. The Balaban J connectivity index is 2.42. The predicted octanol–water partition coefficient (Wildman–Crippen LogP) is 2.33. The van der Waals surface area contributed by atoms with Crippen LogP contribution in [0.25, 0.3) is 0 Å². The summed E-state index contributed by atoms with van der Waals surface area (Å²) in [5, 5.41) is 5.73. The minimum atomic E-state index is -0.809. The van der Waals surface area contributed by atoms with Crippen LogP contribution in [-0.2, 0) is 16.1 Å². The number of carbonyl (C=O) groups excluding carboxylic acids is 2. The lowest BCUT2D eigenvalue weighted by Gasteiger charge is -2.50. The molecule has 1 aromatic rings.